The molecule has 2 unspecified atom stereocenters. The Bertz CT molecular complexity index is 949. The number of nitrogens with one attached hydrogen (secondary N) is 1. The van der Waals surface area contributed by atoms with Gasteiger partial charge in [-0.3, -0.25) is 4.79 Å². The Morgan fingerprint density at radius 3 is 2.50 bits per heavy atom. The fraction of sp³-hybridized carbons (Fsp3) is 0.440. The van der Waals surface area contributed by atoms with Gasteiger partial charge >= 0.3 is 6.03 Å². The average Bonchev–Trinajstić information content (AvgIpc) is 3.33. The van der Waals surface area contributed by atoms with Crippen LogP contribution in [0.5, 0.6) is 11.5 Å². The van der Waals surface area contributed by atoms with Crippen LogP contribution >= 0.6 is 0 Å². The molecule has 2 saturated heterocycles. The van der Waals surface area contributed by atoms with Gasteiger partial charge in [-0.05, 0) is 49.9 Å². The first kappa shape index (κ1) is 22.0. The molecule has 0 radical (unpaired) electrons. The number of ether oxygens (including phenoxy) is 2. The second-order valence-electron chi connectivity index (χ2n) is 8.38. The number of methoxy groups -OCH3 is 2. The highest BCUT2D eigenvalue weighted by molar-refractivity contribution is 5.90. The van der Waals surface area contributed by atoms with Gasteiger partial charge in [0, 0.05) is 37.0 Å². The minimum atomic E-state index is -0.185. The molecule has 4 rings (SSSR count). The zero-order chi connectivity index (χ0) is 22.5. The van der Waals surface area contributed by atoms with Gasteiger partial charge in [0.15, 0.2) is 0 Å². The van der Waals surface area contributed by atoms with Crippen LogP contribution in [0.4, 0.5) is 10.5 Å². The molecule has 0 aromatic heterocycles. The first-order valence-electron chi connectivity index (χ1n) is 11.2. The number of para-hydroxylation sites is 1. The van der Waals surface area contributed by atoms with Crippen LogP contribution in [-0.4, -0.2) is 55.6 Å². The molecule has 2 aromatic rings. The molecule has 2 heterocycles. The standard InChI is InChI=1S/C25H31N3O4/c1-31-20-12-13-21(23(16-20)32-2)22-11-7-15-28(22)24(29)18-8-6-14-27(17-18)25(30)26-19-9-4-3-5-10-19/h3-5,9-10,12-13,16,18,22H,6-8,11,14-15,17H2,1-2H3,(H,26,30). The maximum atomic E-state index is 13.5. The summed E-state index contributed by atoms with van der Waals surface area (Å²) in [6.45, 7) is 1.84. The van der Waals surface area contributed by atoms with Gasteiger partial charge in [0.05, 0.1) is 26.2 Å². The third-order valence-corrected chi connectivity index (χ3v) is 6.42. The van der Waals surface area contributed by atoms with Crippen molar-refractivity contribution in [1.82, 2.24) is 9.80 Å². The van der Waals surface area contributed by atoms with Crippen molar-refractivity contribution in [3.63, 3.8) is 0 Å². The quantitative estimate of drug-likeness (QED) is 0.757. The Kier molecular flexibility index (Phi) is 6.83. The van der Waals surface area contributed by atoms with Crippen molar-refractivity contribution in [1.29, 1.82) is 0 Å². The summed E-state index contributed by atoms with van der Waals surface area (Å²) < 4.78 is 10.9. The van der Waals surface area contributed by atoms with Crippen LogP contribution in [0.15, 0.2) is 48.5 Å². The van der Waals surface area contributed by atoms with Crippen molar-refractivity contribution in [2.45, 2.75) is 31.7 Å². The highest BCUT2D eigenvalue weighted by atomic mass is 16.5. The maximum absolute atomic E-state index is 13.5. The largest absolute Gasteiger partial charge is 0.497 e. The van der Waals surface area contributed by atoms with Crippen molar-refractivity contribution in [3.8, 4) is 11.5 Å². The van der Waals surface area contributed by atoms with Gasteiger partial charge in [-0.1, -0.05) is 18.2 Å². The van der Waals surface area contributed by atoms with Gasteiger partial charge in [-0.25, -0.2) is 4.79 Å². The molecular formula is C25H31N3O4. The van der Waals surface area contributed by atoms with Crippen LogP contribution in [0.1, 0.15) is 37.3 Å². The lowest BCUT2D eigenvalue weighted by Crippen LogP contribution is -2.47. The normalized spacial score (nSPS) is 20.7. The monoisotopic (exact) mass is 437 g/mol. The predicted molar refractivity (Wildman–Crippen MR) is 123 cm³/mol. The van der Waals surface area contributed by atoms with Crippen molar-refractivity contribution in [3.05, 3.63) is 54.1 Å². The Labute approximate surface area is 189 Å². The number of anilines is 1. The van der Waals surface area contributed by atoms with Gasteiger partial charge in [-0.2, -0.15) is 0 Å². The van der Waals surface area contributed by atoms with Gasteiger partial charge < -0.3 is 24.6 Å². The summed E-state index contributed by atoms with van der Waals surface area (Å²) in [5, 5.41) is 2.93. The molecular weight excluding hydrogens is 406 g/mol. The summed E-state index contributed by atoms with van der Waals surface area (Å²) in [6.07, 6.45) is 3.48. The summed E-state index contributed by atoms with van der Waals surface area (Å²) in [6, 6.07) is 15.0. The Hall–Kier alpha value is -3.22. The van der Waals surface area contributed by atoms with E-state index in [1.807, 2.05) is 53.4 Å². The second kappa shape index (κ2) is 9.94. The van der Waals surface area contributed by atoms with E-state index in [2.05, 4.69) is 5.32 Å². The number of benzene rings is 2. The molecule has 7 heteroatoms. The van der Waals surface area contributed by atoms with Gasteiger partial charge in [0.25, 0.3) is 0 Å². The van der Waals surface area contributed by atoms with E-state index in [0.29, 0.717) is 13.1 Å². The van der Waals surface area contributed by atoms with Gasteiger partial charge in [-0.15, -0.1) is 0 Å². The fourth-order valence-corrected chi connectivity index (χ4v) is 4.77. The number of urea groups is 1. The van der Waals surface area contributed by atoms with Gasteiger partial charge in [0.2, 0.25) is 5.91 Å². The molecule has 2 aliphatic rings. The molecule has 1 N–H and O–H groups in total. The molecule has 2 atom stereocenters. The molecule has 0 spiro atoms. The van der Waals surface area contributed by atoms with Crippen LogP contribution in [0.2, 0.25) is 0 Å². The number of carbonyl (C=O) groups is 2. The number of likely N-dealkylation sites (tertiary alicyclic amines) is 2. The summed E-state index contributed by atoms with van der Waals surface area (Å²) in [5.74, 6) is 1.41. The van der Waals surface area contributed by atoms with E-state index in [9.17, 15) is 9.59 Å². The average molecular weight is 438 g/mol. The topological polar surface area (TPSA) is 71.1 Å². The van der Waals surface area contributed by atoms with Crippen molar-refractivity contribution in [2.24, 2.45) is 5.92 Å². The number of piperidine rings is 1. The van der Waals surface area contributed by atoms with E-state index in [4.69, 9.17) is 9.47 Å². The van der Waals surface area contributed by atoms with E-state index < -0.39 is 0 Å². The maximum Gasteiger partial charge on any atom is 0.321 e. The zero-order valence-electron chi connectivity index (χ0n) is 18.8. The molecule has 170 valence electrons. The minimum absolute atomic E-state index is 0.0168. The molecule has 3 amide bonds. The summed E-state index contributed by atoms with van der Waals surface area (Å²) in [7, 11) is 3.27. The van der Waals surface area contributed by atoms with Crippen molar-refractivity contribution in [2.75, 3.05) is 39.2 Å². The lowest BCUT2D eigenvalue weighted by atomic mass is 9.95. The zero-order valence-corrected chi connectivity index (χ0v) is 18.8. The Balaban J connectivity index is 1.45. The van der Waals surface area contributed by atoms with Gasteiger partial charge in [0.1, 0.15) is 11.5 Å². The third-order valence-electron chi connectivity index (χ3n) is 6.42. The summed E-state index contributed by atoms with van der Waals surface area (Å²) >= 11 is 0. The number of nitrogens with zero attached hydrogens (tertiary/aromatic N) is 2. The highest BCUT2D eigenvalue weighted by Crippen LogP contribution is 2.40. The van der Waals surface area contributed by atoms with E-state index in [1.165, 1.54) is 0 Å². The van der Waals surface area contributed by atoms with E-state index in [1.54, 1.807) is 19.1 Å². The Morgan fingerprint density at radius 1 is 0.969 bits per heavy atom. The van der Waals surface area contributed by atoms with Crippen LogP contribution in [0.3, 0.4) is 0 Å². The number of hydrogen-bond donors (Lipinski definition) is 1. The number of hydrogen-bond acceptors (Lipinski definition) is 4. The predicted octanol–water partition coefficient (Wildman–Crippen LogP) is 4.31. The lowest BCUT2D eigenvalue weighted by Gasteiger charge is -2.36. The highest BCUT2D eigenvalue weighted by Gasteiger charge is 2.37. The van der Waals surface area contributed by atoms with E-state index in [-0.39, 0.29) is 23.9 Å². The first-order chi connectivity index (χ1) is 15.6. The van der Waals surface area contributed by atoms with Crippen LogP contribution < -0.4 is 14.8 Å². The fourth-order valence-electron chi connectivity index (χ4n) is 4.77. The first-order valence-corrected chi connectivity index (χ1v) is 11.2. The number of carbonyl (C=O) groups excluding carboxylic acids is 2. The molecule has 2 aliphatic heterocycles. The molecule has 0 saturated carbocycles. The minimum Gasteiger partial charge on any atom is -0.497 e. The molecule has 2 fully saturated rings. The number of rotatable bonds is 5. The summed E-state index contributed by atoms with van der Waals surface area (Å²) in [4.78, 5) is 30.0. The van der Waals surface area contributed by atoms with Crippen LogP contribution in [0.25, 0.3) is 0 Å². The van der Waals surface area contributed by atoms with Crippen molar-refractivity contribution >= 4 is 17.6 Å². The Morgan fingerprint density at radius 2 is 1.75 bits per heavy atom. The van der Waals surface area contributed by atoms with Crippen LogP contribution in [-0.2, 0) is 4.79 Å². The smallest absolute Gasteiger partial charge is 0.321 e. The van der Waals surface area contributed by atoms with Crippen LogP contribution in [0, 0.1) is 5.92 Å². The molecule has 7 nitrogen and oxygen atoms in total. The van der Waals surface area contributed by atoms with E-state index >= 15 is 0 Å². The molecule has 2 aromatic carbocycles. The van der Waals surface area contributed by atoms with E-state index in [0.717, 1.165) is 55.0 Å². The lowest BCUT2D eigenvalue weighted by molar-refractivity contribution is -0.137. The number of amides is 3. The molecule has 0 bridgehead atoms. The molecule has 32 heavy (non-hydrogen) atoms. The molecule has 0 aliphatic carbocycles. The van der Waals surface area contributed by atoms with Crippen molar-refractivity contribution < 1.29 is 19.1 Å². The SMILES string of the molecule is COc1ccc(C2CCCN2C(=O)C2CCCN(C(=O)Nc3ccccc3)C2)c(OC)c1. The second-order valence-corrected chi connectivity index (χ2v) is 8.38. The third kappa shape index (κ3) is 4.66. The summed E-state index contributed by atoms with van der Waals surface area (Å²) in [5.41, 5.74) is 1.77.